The molecule has 2 rings (SSSR count). The number of hydrogen-bond acceptors (Lipinski definition) is 5. The Hall–Kier alpha value is -2.06. The number of hydrogen-bond donors (Lipinski definition) is 1. The zero-order valence-electron chi connectivity index (χ0n) is 10.7. The summed E-state index contributed by atoms with van der Waals surface area (Å²) in [7, 11) is 0. The van der Waals surface area contributed by atoms with E-state index in [1.165, 1.54) is 18.3 Å². The molecule has 7 nitrogen and oxygen atoms in total. The lowest BCUT2D eigenvalue weighted by Crippen LogP contribution is -2.44. The molecule has 1 aromatic rings. The Morgan fingerprint density at radius 2 is 2.25 bits per heavy atom. The molecule has 20 heavy (non-hydrogen) atoms. The molecule has 1 aromatic carbocycles. The minimum atomic E-state index is -0.441. The van der Waals surface area contributed by atoms with Crippen LogP contribution < -0.4 is 5.43 Å². The Balaban J connectivity index is 1.91. The van der Waals surface area contributed by atoms with Gasteiger partial charge in [0.1, 0.15) is 0 Å². The van der Waals surface area contributed by atoms with Crippen LogP contribution in [0.2, 0.25) is 0 Å². The number of ether oxygens (including phenoxy) is 1. The van der Waals surface area contributed by atoms with Crippen LogP contribution in [0, 0.1) is 10.1 Å². The molecule has 0 unspecified atom stereocenters. The summed E-state index contributed by atoms with van der Waals surface area (Å²) >= 11 is 5.19. The number of nitro benzene ring substituents is 1. The highest BCUT2D eigenvalue weighted by atomic mass is 32.1. The van der Waals surface area contributed by atoms with E-state index in [-0.39, 0.29) is 5.69 Å². The second-order valence-corrected chi connectivity index (χ2v) is 4.51. The van der Waals surface area contributed by atoms with Crippen LogP contribution in [0.5, 0.6) is 0 Å². The third kappa shape index (κ3) is 3.97. The van der Waals surface area contributed by atoms with Gasteiger partial charge >= 0.3 is 0 Å². The SMILES string of the molecule is O=[N+]([O-])c1cccc(/C=N\NC(=S)N2CCOCC2)c1. The maximum Gasteiger partial charge on any atom is 0.270 e. The van der Waals surface area contributed by atoms with Gasteiger partial charge in [-0.15, -0.1) is 0 Å². The molecule has 0 aromatic heterocycles. The molecular weight excluding hydrogens is 280 g/mol. The van der Waals surface area contributed by atoms with Crippen molar-refractivity contribution in [2.24, 2.45) is 5.10 Å². The summed E-state index contributed by atoms with van der Waals surface area (Å²) in [6.45, 7) is 2.77. The molecule has 0 radical (unpaired) electrons. The fourth-order valence-electron chi connectivity index (χ4n) is 1.72. The Bertz CT molecular complexity index is 529. The van der Waals surface area contributed by atoms with Crippen LogP contribution in [0.4, 0.5) is 5.69 Å². The van der Waals surface area contributed by atoms with Crippen molar-refractivity contribution in [3.8, 4) is 0 Å². The fourth-order valence-corrected chi connectivity index (χ4v) is 1.95. The van der Waals surface area contributed by atoms with Crippen molar-refractivity contribution in [2.45, 2.75) is 0 Å². The first-order chi connectivity index (χ1) is 9.66. The number of morpholine rings is 1. The first-order valence-electron chi connectivity index (χ1n) is 6.07. The zero-order valence-corrected chi connectivity index (χ0v) is 11.5. The smallest absolute Gasteiger partial charge is 0.270 e. The minimum absolute atomic E-state index is 0.0321. The van der Waals surface area contributed by atoms with Crippen molar-refractivity contribution in [3.63, 3.8) is 0 Å². The van der Waals surface area contributed by atoms with Gasteiger partial charge in [0, 0.05) is 30.8 Å². The van der Waals surface area contributed by atoms with Gasteiger partial charge in [0.15, 0.2) is 5.11 Å². The highest BCUT2D eigenvalue weighted by Crippen LogP contribution is 2.11. The van der Waals surface area contributed by atoms with Crippen LogP contribution in [-0.4, -0.2) is 47.5 Å². The van der Waals surface area contributed by atoms with Gasteiger partial charge < -0.3 is 9.64 Å². The van der Waals surface area contributed by atoms with Gasteiger partial charge in [-0.3, -0.25) is 15.5 Å². The number of rotatable bonds is 3. The predicted octanol–water partition coefficient (Wildman–Crippen LogP) is 1.14. The van der Waals surface area contributed by atoms with Crippen LogP contribution in [0.1, 0.15) is 5.56 Å². The van der Waals surface area contributed by atoms with Crippen LogP contribution in [0.15, 0.2) is 29.4 Å². The summed E-state index contributed by atoms with van der Waals surface area (Å²) in [5, 5.41) is 15.2. The summed E-state index contributed by atoms with van der Waals surface area (Å²) in [5.41, 5.74) is 3.42. The molecule has 1 N–H and O–H groups in total. The molecule has 0 saturated carbocycles. The van der Waals surface area contributed by atoms with Gasteiger partial charge in [-0.2, -0.15) is 5.10 Å². The summed E-state index contributed by atoms with van der Waals surface area (Å²) in [6, 6.07) is 6.22. The lowest BCUT2D eigenvalue weighted by Gasteiger charge is -2.28. The number of non-ortho nitro benzene ring substituents is 1. The predicted molar refractivity (Wildman–Crippen MR) is 78.8 cm³/mol. The standard InChI is InChI=1S/C12H14N4O3S/c17-16(18)11-3-1-2-10(8-11)9-13-14-12(20)15-4-6-19-7-5-15/h1-3,8-9H,4-7H2,(H,14,20)/b13-9-. The summed E-state index contributed by atoms with van der Waals surface area (Å²) in [4.78, 5) is 12.2. The van der Waals surface area contributed by atoms with Crippen molar-refractivity contribution in [2.75, 3.05) is 26.3 Å². The molecule has 106 valence electrons. The van der Waals surface area contributed by atoms with Gasteiger partial charge in [-0.25, -0.2) is 0 Å². The third-order valence-corrected chi connectivity index (χ3v) is 3.10. The molecular formula is C12H14N4O3S. The van der Waals surface area contributed by atoms with Crippen molar-refractivity contribution >= 4 is 29.2 Å². The van der Waals surface area contributed by atoms with Gasteiger partial charge in [0.25, 0.3) is 5.69 Å². The number of benzene rings is 1. The van der Waals surface area contributed by atoms with E-state index in [0.717, 1.165) is 13.1 Å². The van der Waals surface area contributed by atoms with E-state index < -0.39 is 4.92 Å². The maximum absolute atomic E-state index is 10.6. The van der Waals surface area contributed by atoms with Crippen LogP contribution in [0.3, 0.4) is 0 Å². The van der Waals surface area contributed by atoms with Crippen molar-refractivity contribution < 1.29 is 9.66 Å². The van der Waals surface area contributed by atoms with E-state index in [2.05, 4.69) is 10.5 Å². The molecule has 1 aliphatic heterocycles. The molecule has 0 atom stereocenters. The van der Waals surface area contributed by atoms with Crippen molar-refractivity contribution in [1.29, 1.82) is 0 Å². The van der Waals surface area contributed by atoms with E-state index in [1.54, 1.807) is 12.1 Å². The van der Waals surface area contributed by atoms with Crippen LogP contribution in [0.25, 0.3) is 0 Å². The number of nitrogens with one attached hydrogen (secondary N) is 1. The van der Waals surface area contributed by atoms with Gasteiger partial charge in [-0.1, -0.05) is 12.1 Å². The lowest BCUT2D eigenvalue weighted by atomic mass is 10.2. The molecule has 0 bridgehead atoms. The fraction of sp³-hybridized carbons (Fsp3) is 0.333. The normalized spacial score (nSPS) is 15.3. The maximum atomic E-state index is 10.6. The van der Waals surface area contributed by atoms with Crippen molar-refractivity contribution in [1.82, 2.24) is 10.3 Å². The quantitative estimate of drug-likeness (QED) is 0.390. The molecule has 1 fully saturated rings. The van der Waals surface area contributed by atoms with Gasteiger partial charge in [0.05, 0.1) is 24.4 Å². The Kier molecular flexibility index (Phi) is 4.97. The zero-order chi connectivity index (χ0) is 14.4. The largest absolute Gasteiger partial charge is 0.378 e. The topological polar surface area (TPSA) is 80.0 Å². The third-order valence-electron chi connectivity index (χ3n) is 2.75. The van der Waals surface area contributed by atoms with Crippen LogP contribution >= 0.6 is 12.2 Å². The second-order valence-electron chi connectivity index (χ2n) is 4.13. The Morgan fingerprint density at radius 3 is 2.95 bits per heavy atom. The highest BCUT2D eigenvalue weighted by Gasteiger charge is 2.12. The van der Waals surface area contributed by atoms with Gasteiger partial charge in [-0.05, 0) is 12.2 Å². The molecule has 8 heteroatoms. The minimum Gasteiger partial charge on any atom is -0.378 e. The number of nitro groups is 1. The number of nitrogens with zero attached hydrogens (tertiary/aromatic N) is 3. The summed E-state index contributed by atoms with van der Waals surface area (Å²) in [5.74, 6) is 0. The highest BCUT2D eigenvalue weighted by molar-refractivity contribution is 7.80. The van der Waals surface area contributed by atoms with E-state index in [1.807, 2.05) is 4.90 Å². The first kappa shape index (κ1) is 14.4. The molecule has 0 amide bonds. The Morgan fingerprint density at radius 1 is 1.50 bits per heavy atom. The number of thiocarbonyl (C=S) groups is 1. The van der Waals surface area contributed by atoms with Gasteiger partial charge in [0.2, 0.25) is 0 Å². The monoisotopic (exact) mass is 294 g/mol. The van der Waals surface area contributed by atoms with Crippen LogP contribution in [-0.2, 0) is 4.74 Å². The van der Waals surface area contributed by atoms with E-state index in [9.17, 15) is 10.1 Å². The van der Waals surface area contributed by atoms with Crippen molar-refractivity contribution in [3.05, 3.63) is 39.9 Å². The summed E-state index contributed by atoms with van der Waals surface area (Å²) < 4.78 is 5.23. The van der Waals surface area contributed by atoms with E-state index >= 15 is 0 Å². The molecule has 0 spiro atoms. The molecule has 1 aliphatic rings. The first-order valence-corrected chi connectivity index (χ1v) is 6.48. The second kappa shape index (κ2) is 6.92. The lowest BCUT2D eigenvalue weighted by molar-refractivity contribution is -0.384. The average molecular weight is 294 g/mol. The van der Waals surface area contributed by atoms with E-state index in [4.69, 9.17) is 17.0 Å². The Labute approximate surface area is 121 Å². The molecule has 1 saturated heterocycles. The van der Waals surface area contributed by atoms with E-state index in [0.29, 0.717) is 23.9 Å². The molecule has 1 heterocycles. The average Bonchev–Trinajstić information content (AvgIpc) is 2.48. The molecule has 0 aliphatic carbocycles. The number of hydrazone groups is 1. The summed E-state index contributed by atoms with van der Waals surface area (Å²) in [6.07, 6.45) is 1.50.